The molecule has 1 saturated heterocycles. The summed E-state index contributed by atoms with van der Waals surface area (Å²) in [5, 5.41) is 2.79. The molecule has 7 heteroatoms. The Labute approximate surface area is 146 Å². The zero-order valence-corrected chi connectivity index (χ0v) is 14.2. The van der Waals surface area contributed by atoms with E-state index in [-0.39, 0.29) is 17.6 Å². The van der Waals surface area contributed by atoms with Gasteiger partial charge in [-0.25, -0.2) is 0 Å². The van der Waals surface area contributed by atoms with Gasteiger partial charge in [-0.2, -0.15) is 0 Å². The molecule has 0 bridgehead atoms. The number of amides is 3. The third-order valence-corrected chi connectivity index (χ3v) is 4.89. The Kier molecular flexibility index (Phi) is 4.57. The van der Waals surface area contributed by atoms with E-state index in [0.29, 0.717) is 50.3 Å². The first-order chi connectivity index (χ1) is 12.0. The van der Waals surface area contributed by atoms with Gasteiger partial charge in [-0.05, 0) is 44.0 Å². The van der Waals surface area contributed by atoms with Crippen LogP contribution in [0.3, 0.4) is 0 Å². The van der Waals surface area contributed by atoms with Crippen LogP contribution in [0, 0.1) is 5.41 Å². The van der Waals surface area contributed by atoms with Crippen molar-refractivity contribution in [1.82, 2.24) is 9.80 Å². The molecule has 2 aliphatic rings. The topological polar surface area (TPSA) is 86.8 Å². The van der Waals surface area contributed by atoms with E-state index in [1.54, 1.807) is 34.1 Å². The molecule has 1 heterocycles. The number of piperazine rings is 1. The van der Waals surface area contributed by atoms with Gasteiger partial charge in [0.05, 0.1) is 0 Å². The molecular formula is C18H21N3O4. The van der Waals surface area contributed by atoms with Crippen LogP contribution in [0.15, 0.2) is 24.3 Å². The van der Waals surface area contributed by atoms with Crippen LogP contribution >= 0.6 is 0 Å². The van der Waals surface area contributed by atoms with Gasteiger partial charge in [0.15, 0.2) is 5.78 Å². The van der Waals surface area contributed by atoms with Gasteiger partial charge in [0.2, 0.25) is 18.2 Å². The van der Waals surface area contributed by atoms with Crippen molar-refractivity contribution in [3.63, 3.8) is 0 Å². The van der Waals surface area contributed by atoms with E-state index >= 15 is 0 Å². The van der Waals surface area contributed by atoms with Crippen molar-refractivity contribution in [1.29, 1.82) is 0 Å². The number of carbonyl (C=O) groups is 4. The number of anilines is 1. The van der Waals surface area contributed by atoms with Gasteiger partial charge >= 0.3 is 0 Å². The van der Waals surface area contributed by atoms with Gasteiger partial charge in [0, 0.05) is 37.4 Å². The Morgan fingerprint density at radius 3 is 2.12 bits per heavy atom. The summed E-state index contributed by atoms with van der Waals surface area (Å²) in [7, 11) is 0. The molecule has 0 aromatic heterocycles. The van der Waals surface area contributed by atoms with Crippen molar-refractivity contribution in [3.05, 3.63) is 29.8 Å². The number of benzene rings is 1. The smallest absolute Gasteiger partial charge is 0.240 e. The number of nitrogens with one attached hydrogen (secondary N) is 1. The van der Waals surface area contributed by atoms with Crippen molar-refractivity contribution in [3.8, 4) is 0 Å². The lowest BCUT2D eigenvalue weighted by atomic mass is 10.0. The molecule has 0 radical (unpaired) electrons. The Balaban J connectivity index is 1.64. The number of nitrogens with zero attached hydrogens (tertiary/aromatic N) is 2. The maximum absolute atomic E-state index is 12.8. The molecular weight excluding hydrogens is 322 g/mol. The van der Waals surface area contributed by atoms with E-state index in [1.807, 2.05) is 0 Å². The van der Waals surface area contributed by atoms with Crippen LogP contribution in [0.2, 0.25) is 0 Å². The monoisotopic (exact) mass is 343 g/mol. The van der Waals surface area contributed by atoms with Crippen molar-refractivity contribution in [2.45, 2.75) is 19.8 Å². The summed E-state index contributed by atoms with van der Waals surface area (Å²) in [6.45, 7) is 3.40. The van der Waals surface area contributed by atoms with Gasteiger partial charge < -0.3 is 15.1 Å². The fourth-order valence-corrected chi connectivity index (χ4v) is 3.04. The number of Topliss-reactive ketones (excluding diaryl/α,β-unsaturated/α-hetero) is 1. The molecule has 1 aliphatic carbocycles. The zero-order valence-electron chi connectivity index (χ0n) is 14.2. The summed E-state index contributed by atoms with van der Waals surface area (Å²) < 4.78 is 0. The van der Waals surface area contributed by atoms with Crippen molar-refractivity contribution >= 4 is 29.7 Å². The number of hydrogen-bond acceptors (Lipinski definition) is 4. The van der Waals surface area contributed by atoms with Crippen LogP contribution in [0.5, 0.6) is 0 Å². The Morgan fingerprint density at radius 2 is 1.64 bits per heavy atom. The van der Waals surface area contributed by atoms with Gasteiger partial charge in [0.1, 0.15) is 5.41 Å². The third kappa shape index (κ3) is 3.40. The van der Waals surface area contributed by atoms with Crippen molar-refractivity contribution in [2.75, 3.05) is 31.5 Å². The molecule has 3 rings (SSSR count). The highest BCUT2D eigenvalue weighted by atomic mass is 16.2. The molecule has 132 valence electrons. The molecule has 7 nitrogen and oxygen atoms in total. The lowest BCUT2D eigenvalue weighted by Gasteiger charge is -2.34. The van der Waals surface area contributed by atoms with E-state index in [1.165, 1.54) is 6.92 Å². The molecule has 3 amide bonds. The molecule has 1 aliphatic heterocycles. The summed E-state index contributed by atoms with van der Waals surface area (Å²) in [6.07, 6.45) is 1.86. The minimum Gasteiger partial charge on any atom is -0.342 e. The fraction of sp³-hybridized carbons (Fsp3) is 0.444. The van der Waals surface area contributed by atoms with E-state index in [4.69, 9.17) is 0 Å². The first kappa shape index (κ1) is 17.1. The highest BCUT2D eigenvalue weighted by Gasteiger charge is 2.58. The van der Waals surface area contributed by atoms with E-state index in [9.17, 15) is 19.2 Å². The number of carbonyl (C=O) groups excluding carboxylic acids is 4. The van der Waals surface area contributed by atoms with Crippen LogP contribution in [0.4, 0.5) is 5.69 Å². The number of rotatable bonds is 5. The average molecular weight is 343 g/mol. The molecule has 1 N–H and O–H groups in total. The highest BCUT2D eigenvalue weighted by Crippen LogP contribution is 2.48. The minimum atomic E-state index is -0.984. The van der Waals surface area contributed by atoms with Crippen molar-refractivity contribution in [2.24, 2.45) is 5.41 Å². The van der Waals surface area contributed by atoms with Crippen LogP contribution in [0.1, 0.15) is 30.1 Å². The largest absolute Gasteiger partial charge is 0.342 e. The number of hydrogen-bond donors (Lipinski definition) is 1. The number of ketones is 1. The lowest BCUT2D eigenvalue weighted by molar-refractivity contribution is -0.144. The van der Waals surface area contributed by atoms with Crippen LogP contribution in [-0.2, 0) is 14.4 Å². The molecule has 1 aromatic carbocycles. The summed E-state index contributed by atoms with van der Waals surface area (Å²) >= 11 is 0. The molecule has 1 saturated carbocycles. The normalized spacial score (nSPS) is 18.4. The molecule has 0 unspecified atom stereocenters. The molecule has 1 aromatic rings. The highest BCUT2D eigenvalue weighted by molar-refractivity contribution is 6.13. The van der Waals surface area contributed by atoms with Gasteiger partial charge in [-0.1, -0.05) is 0 Å². The maximum Gasteiger partial charge on any atom is 0.240 e. The van der Waals surface area contributed by atoms with Gasteiger partial charge in [-0.15, -0.1) is 0 Å². The second-order valence-electron chi connectivity index (χ2n) is 6.60. The van der Waals surface area contributed by atoms with Gasteiger partial charge in [-0.3, -0.25) is 19.2 Å². The predicted molar refractivity (Wildman–Crippen MR) is 91.0 cm³/mol. The van der Waals surface area contributed by atoms with E-state index < -0.39 is 5.41 Å². The second kappa shape index (κ2) is 6.66. The standard InChI is InChI=1S/C18H21N3O4/c1-13(23)14-2-4-15(5-3-14)19-16(24)18(6-7-18)17(25)21-10-8-20(12-22)9-11-21/h2-5,12H,6-11H2,1H3,(H,19,24). The molecule has 2 fully saturated rings. The minimum absolute atomic E-state index is 0.0406. The molecule has 0 spiro atoms. The second-order valence-corrected chi connectivity index (χ2v) is 6.60. The first-order valence-corrected chi connectivity index (χ1v) is 8.37. The quantitative estimate of drug-likeness (QED) is 0.489. The van der Waals surface area contributed by atoms with Crippen LogP contribution in [-0.4, -0.2) is 60.0 Å². The van der Waals surface area contributed by atoms with E-state index in [0.717, 1.165) is 6.41 Å². The summed E-state index contributed by atoms with van der Waals surface area (Å²) in [6, 6.07) is 6.63. The molecule has 0 atom stereocenters. The molecule has 25 heavy (non-hydrogen) atoms. The SMILES string of the molecule is CC(=O)c1ccc(NC(=O)C2(C(=O)N3CCN(C=O)CC3)CC2)cc1. The third-order valence-electron chi connectivity index (χ3n) is 4.89. The summed E-state index contributed by atoms with van der Waals surface area (Å²) in [5.74, 6) is -0.497. The van der Waals surface area contributed by atoms with Gasteiger partial charge in [0.25, 0.3) is 0 Å². The zero-order chi connectivity index (χ0) is 18.0. The first-order valence-electron chi connectivity index (χ1n) is 8.37. The maximum atomic E-state index is 12.8. The Hall–Kier alpha value is -2.70. The predicted octanol–water partition coefficient (Wildman–Crippen LogP) is 0.908. The average Bonchev–Trinajstić information content (AvgIpc) is 3.43. The summed E-state index contributed by atoms with van der Waals surface area (Å²) in [5.41, 5.74) is 0.158. The van der Waals surface area contributed by atoms with Crippen LogP contribution in [0.25, 0.3) is 0 Å². The van der Waals surface area contributed by atoms with Crippen molar-refractivity contribution < 1.29 is 19.2 Å². The Morgan fingerprint density at radius 1 is 1.04 bits per heavy atom. The summed E-state index contributed by atoms with van der Waals surface area (Å²) in [4.78, 5) is 50.7. The van der Waals surface area contributed by atoms with E-state index in [2.05, 4.69) is 5.32 Å². The fourth-order valence-electron chi connectivity index (χ4n) is 3.04. The lowest BCUT2D eigenvalue weighted by Crippen LogP contribution is -2.52. The Bertz CT molecular complexity index is 702. The van der Waals surface area contributed by atoms with Crippen LogP contribution < -0.4 is 5.32 Å².